The van der Waals surface area contributed by atoms with Gasteiger partial charge >= 0.3 is 5.97 Å². The number of ketones is 2. The molecule has 1 N–H and O–H groups in total. The molecule has 0 radical (unpaired) electrons. The second-order valence-corrected chi connectivity index (χ2v) is 9.84. The van der Waals surface area contributed by atoms with Gasteiger partial charge in [0.2, 0.25) is 0 Å². The highest BCUT2D eigenvalue weighted by Gasteiger charge is 2.42. The fourth-order valence-corrected chi connectivity index (χ4v) is 4.15. The molecule has 182 valence electrons. The number of rotatable bonds is 14. The van der Waals surface area contributed by atoms with E-state index >= 15 is 0 Å². The molecule has 1 aromatic rings. The molecule has 2 rings (SSSR count). The minimum atomic E-state index is -0.917. The lowest BCUT2D eigenvalue weighted by atomic mass is 9.71. The first-order chi connectivity index (χ1) is 15.8. The van der Waals surface area contributed by atoms with Crippen molar-refractivity contribution in [2.45, 2.75) is 97.4 Å². The summed E-state index contributed by atoms with van der Waals surface area (Å²) in [6.07, 6.45) is 12.6. The maximum atomic E-state index is 12.6. The van der Waals surface area contributed by atoms with E-state index in [9.17, 15) is 14.4 Å². The fraction of sp³-hybridized carbons (Fsp3) is 0.607. The summed E-state index contributed by atoms with van der Waals surface area (Å²) in [6.45, 7) is 10.3. The number of unbranched alkanes of at least 4 members (excludes halogenated alkanes) is 9. The Morgan fingerprint density at radius 2 is 1.52 bits per heavy atom. The van der Waals surface area contributed by atoms with Crippen molar-refractivity contribution in [1.82, 2.24) is 0 Å². The Balaban J connectivity index is 1.67. The molecule has 1 aliphatic carbocycles. The van der Waals surface area contributed by atoms with Crippen molar-refractivity contribution >= 4 is 23.2 Å². The number of carbonyl (C=O) groups excluding carboxylic acids is 3. The standard InChI is InChI=1S/C28H41NO4/c1-5-6-7-8-9-10-11-12-13-14-19-33-27(32)22-15-17-23(18-16-22)29-25-24(30)20-28(3,4)21(2)26(25)31/h15-18,25,29H,2,5-14,19-20H2,1,3-4H3. The van der Waals surface area contributed by atoms with Crippen LogP contribution < -0.4 is 5.32 Å². The second-order valence-electron chi connectivity index (χ2n) is 9.84. The van der Waals surface area contributed by atoms with Crippen LogP contribution in [0.15, 0.2) is 36.4 Å². The highest BCUT2D eigenvalue weighted by Crippen LogP contribution is 2.36. The van der Waals surface area contributed by atoms with Gasteiger partial charge in [-0.3, -0.25) is 9.59 Å². The van der Waals surface area contributed by atoms with Crippen LogP contribution in [0.5, 0.6) is 0 Å². The average molecular weight is 456 g/mol. The Bertz CT molecular complexity index is 810. The highest BCUT2D eigenvalue weighted by molar-refractivity contribution is 6.18. The van der Waals surface area contributed by atoms with E-state index in [-0.39, 0.29) is 24.0 Å². The van der Waals surface area contributed by atoms with E-state index in [4.69, 9.17) is 4.74 Å². The minimum absolute atomic E-state index is 0.141. The number of hydrogen-bond donors (Lipinski definition) is 1. The number of esters is 1. The zero-order valence-corrected chi connectivity index (χ0v) is 20.7. The van der Waals surface area contributed by atoms with Crippen LogP contribution in [0.2, 0.25) is 0 Å². The fourth-order valence-electron chi connectivity index (χ4n) is 4.15. The van der Waals surface area contributed by atoms with Crippen molar-refractivity contribution in [3.63, 3.8) is 0 Å². The lowest BCUT2D eigenvalue weighted by molar-refractivity contribution is -0.130. The molecule has 0 bridgehead atoms. The number of ether oxygens (including phenoxy) is 1. The van der Waals surface area contributed by atoms with E-state index in [1.165, 1.54) is 51.4 Å². The van der Waals surface area contributed by atoms with Crippen LogP contribution in [-0.4, -0.2) is 30.2 Å². The maximum absolute atomic E-state index is 12.6. The zero-order chi connectivity index (χ0) is 24.3. The van der Waals surface area contributed by atoms with Gasteiger partial charge in [0.1, 0.15) is 6.04 Å². The second kappa shape index (κ2) is 13.3. The third-order valence-corrected chi connectivity index (χ3v) is 6.48. The number of carbonyl (C=O) groups is 3. The van der Waals surface area contributed by atoms with Gasteiger partial charge in [0.05, 0.1) is 12.2 Å². The van der Waals surface area contributed by atoms with Gasteiger partial charge in [-0.25, -0.2) is 4.79 Å². The summed E-state index contributed by atoms with van der Waals surface area (Å²) in [7, 11) is 0. The Morgan fingerprint density at radius 1 is 0.970 bits per heavy atom. The first-order valence-electron chi connectivity index (χ1n) is 12.6. The summed E-state index contributed by atoms with van der Waals surface area (Å²) in [5.41, 5.74) is 1.03. The summed E-state index contributed by atoms with van der Waals surface area (Å²) in [6, 6.07) is 5.78. The van der Waals surface area contributed by atoms with Gasteiger partial charge in [0.15, 0.2) is 11.6 Å². The Labute approximate surface area is 199 Å². The van der Waals surface area contributed by atoms with Crippen LogP contribution in [0, 0.1) is 5.41 Å². The molecule has 5 nitrogen and oxygen atoms in total. The van der Waals surface area contributed by atoms with E-state index in [1.54, 1.807) is 24.3 Å². The highest BCUT2D eigenvalue weighted by atomic mass is 16.5. The first-order valence-corrected chi connectivity index (χ1v) is 12.6. The van der Waals surface area contributed by atoms with Crippen LogP contribution in [0.1, 0.15) is 102 Å². The van der Waals surface area contributed by atoms with Crippen LogP contribution in [0.3, 0.4) is 0 Å². The minimum Gasteiger partial charge on any atom is -0.462 e. The summed E-state index contributed by atoms with van der Waals surface area (Å²) in [5.74, 6) is -0.758. The van der Waals surface area contributed by atoms with E-state index in [2.05, 4.69) is 18.8 Å². The Morgan fingerprint density at radius 3 is 2.09 bits per heavy atom. The predicted molar refractivity (Wildman–Crippen MR) is 134 cm³/mol. The van der Waals surface area contributed by atoms with Gasteiger partial charge in [-0.2, -0.15) is 0 Å². The smallest absolute Gasteiger partial charge is 0.338 e. The molecule has 0 saturated heterocycles. The number of Topliss-reactive ketones (excluding diaryl/α,β-unsaturated/α-hetero) is 2. The summed E-state index contributed by atoms with van der Waals surface area (Å²) in [5, 5.41) is 2.99. The van der Waals surface area contributed by atoms with Crippen molar-refractivity contribution in [2.75, 3.05) is 11.9 Å². The molecule has 0 spiro atoms. The van der Waals surface area contributed by atoms with E-state index in [0.29, 0.717) is 23.4 Å². The van der Waals surface area contributed by atoms with Crippen molar-refractivity contribution in [1.29, 1.82) is 0 Å². The van der Waals surface area contributed by atoms with Crippen LogP contribution in [0.25, 0.3) is 0 Å². The van der Waals surface area contributed by atoms with Crippen LogP contribution in [-0.2, 0) is 14.3 Å². The largest absolute Gasteiger partial charge is 0.462 e. The molecule has 1 aromatic carbocycles. The van der Waals surface area contributed by atoms with Gasteiger partial charge in [0, 0.05) is 12.1 Å². The van der Waals surface area contributed by atoms with Crippen molar-refractivity contribution in [3.8, 4) is 0 Å². The lowest BCUT2D eigenvalue weighted by Crippen LogP contribution is -2.47. The maximum Gasteiger partial charge on any atom is 0.338 e. The summed E-state index contributed by atoms with van der Waals surface area (Å²) >= 11 is 0. The van der Waals surface area contributed by atoms with E-state index in [1.807, 2.05) is 13.8 Å². The number of anilines is 1. The van der Waals surface area contributed by atoms with Gasteiger partial charge < -0.3 is 10.1 Å². The van der Waals surface area contributed by atoms with Crippen molar-refractivity contribution in [3.05, 3.63) is 42.0 Å². The predicted octanol–water partition coefficient (Wildman–Crippen LogP) is 6.67. The van der Waals surface area contributed by atoms with Crippen molar-refractivity contribution < 1.29 is 19.1 Å². The van der Waals surface area contributed by atoms with Gasteiger partial charge in [0.25, 0.3) is 0 Å². The third kappa shape index (κ3) is 8.45. The topological polar surface area (TPSA) is 72.5 Å². The van der Waals surface area contributed by atoms with Crippen LogP contribution >= 0.6 is 0 Å². The SMILES string of the molecule is C=C1C(=O)C(Nc2ccc(C(=O)OCCCCCCCCCCCC)cc2)C(=O)CC1(C)C. The van der Waals surface area contributed by atoms with Gasteiger partial charge in [-0.1, -0.05) is 85.1 Å². The third-order valence-electron chi connectivity index (χ3n) is 6.48. The number of hydrogen-bond acceptors (Lipinski definition) is 5. The summed E-state index contributed by atoms with van der Waals surface area (Å²) in [4.78, 5) is 37.2. The quantitative estimate of drug-likeness (QED) is 0.147. The average Bonchev–Trinajstić information content (AvgIpc) is 2.79. The lowest BCUT2D eigenvalue weighted by Gasteiger charge is -2.34. The van der Waals surface area contributed by atoms with E-state index in [0.717, 1.165) is 12.8 Å². The number of nitrogens with one attached hydrogen (secondary N) is 1. The number of benzene rings is 1. The molecule has 0 amide bonds. The molecule has 33 heavy (non-hydrogen) atoms. The van der Waals surface area contributed by atoms with E-state index < -0.39 is 11.5 Å². The van der Waals surface area contributed by atoms with Gasteiger partial charge in [-0.15, -0.1) is 0 Å². The molecule has 1 atom stereocenters. The molecule has 0 aliphatic heterocycles. The Kier molecular flexibility index (Phi) is 10.8. The molecule has 1 fully saturated rings. The van der Waals surface area contributed by atoms with Crippen molar-refractivity contribution in [2.24, 2.45) is 5.41 Å². The first kappa shape index (κ1) is 26.8. The summed E-state index contributed by atoms with van der Waals surface area (Å²) < 4.78 is 5.38. The molecule has 0 aromatic heterocycles. The Hall–Kier alpha value is -2.43. The molecule has 1 saturated carbocycles. The molecule has 0 heterocycles. The van der Waals surface area contributed by atoms with Gasteiger partial charge in [-0.05, 0) is 41.7 Å². The zero-order valence-electron chi connectivity index (χ0n) is 20.7. The molecule has 1 unspecified atom stereocenters. The molecular weight excluding hydrogens is 414 g/mol. The molecular formula is C28H41NO4. The monoisotopic (exact) mass is 455 g/mol. The molecule has 5 heteroatoms. The normalized spacial score (nSPS) is 17.8. The van der Waals surface area contributed by atoms with Crippen LogP contribution in [0.4, 0.5) is 5.69 Å². The molecule has 1 aliphatic rings.